The van der Waals surface area contributed by atoms with Gasteiger partial charge in [0.25, 0.3) is 0 Å². The first kappa shape index (κ1) is 12.0. The first-order chi connectivity index (χ1) is 6.00. The molecule has 0 aliphatic rings. The largest absolute Gasteiger partial charge is 0.246 e. The van der Waals surface area contributed by atoms with Gasteiger partial charge in [-0.1, -0.05) is 13.8 Å². The van der Waals surface area contributed by atoms with Crippen molar-refractivity contribution in [2.24, 2.45) is 0 Å². The van der Waals surface area contributed by atoms with Crippen molar-refractivity contribution < 1.29 is 8.42 Å². The van der Waals surface area contributed by atoms with Crippen molar-refractivity contribution in [3.63, 3.8) is 0 Å². The average molecular weight is 202 g/mol. The number of aromatic nitrogens is 2. The van der Waals surface area contributed by atoms with E-state index in [2.05, 4.69) is 9.97 Å². The molecule has 5 heteroatoms. The van der Waals surface area contributed by atoms with Gasteiger partial charge in [-0.3, -0.25) is 0 Å². The van der Waals surface area contributed by atoms with E-state index in [1.807, 2.05) is 13.8 Å². The van der Waals surface area contributed by atoms with Crippen LogP contribution in [0.25, 0.3) is 0 Å². The molecule has 0 atom stereocenters. The van der Waals surface area contributed by atoms with Crippen molar-refractivity contribution in [2.75, 3.05) is 6.26 Å². The SMILES string of the molecule is CC.Cc1cnc(S(C)(=O)=O)nc1. The minimum atomic E-state index is -3.24. The molecule has 13 heavy (non-hydrogen) atoms. The summed E-state index contributed by atoms with van der Waals surface area (Å²) in [7, 11) is -3.24. The van der Waals surface area contributed by atoms with Crippen LogP contribution in [0.5, 0.6) is 0 Å². The Morgan fingerprint density at radius 3 is 1.85 bits per heavy atom. The van der Waals surface area contributed by atoms with Crippen LogP contribution in [-0.2, 0) is 9.84 Å². The first-order valence-corrected chi connectivity index (χ1v) is 5.88. The highest BCUT2D eigenvalue weighted by molar-refractivity contribution is 7.90. The lowest BCUT2D eigenvalue weighted by Crippen LogP contribution is -2.03. The van der Waals surface area contributed by atoms with Crippen molar-refractivity contribution in [3.8, 4) is 0 Å². The van der Waals surface area contributed by atoms with Crippen LogP contribution >= 0.6 is 0 Å². The monoisotopic (exact) mass is 202 g/mol. The van der Waals surface area contributed by atoms with Gasteiger partial charge < -0.3 is 0 Å². The third-order valence-electron chi connectivity index (χ3n) is 1.09. The molecule has 0 saturated carbocycles. The minimum absolute atomic E-state index is 0.122. The van der Waals surface area contributed by atoms with Gasteiger partial charge in [-0.2, -0.15) is 0 Å². The molecule has 0 fully saturated rings. The zero-order valence-electron chi connectivity index (χ0n) is 8.27. The Morgan fingerprint density at radius 2 is 1.54 bits per heavy atom. The second-order valence-corrected chi connectivity index (χ2v) is 4.22. The summed E-state index contributed by atoms with van der Waals surface area (Å²) in [6.07, 6.45) is 4.03. The predicted octanol–water partition coefficient (Wildman–Crippen LogP) is 1.21. The molecule has 0 radical (unpaired) electrons. The lowest BCUT2D eigenvalue weighted by molar-refractivity contribution is 0.592. The highest BCUT2D eigenvalue weighted by atomic mass is 32.2. The van der Waals surface area contributed by atoms with E-state index in [4.69, 9.17) is 0 Å². The summed E-state index contributed by atoms with van der Waals surface area (Å²) < 4.78 is 21.6. The van der Waals surface area contributed by atoms with Gasteiger partial charge in [0.2, 0.25) is 15.0 Å². The number of hydrogen-bond acceptors (Lipinski definition) is 4. The molecule has 0 unspecified atom stereocenters. The molecule has 0 saturated heterocycles. The van der Waals surface area contributed by atoms with Crippen LogP contribution < -0.4 is 0 Å². The molecule has 1 heterocycles. The highest BCUT2D eigenvalue weighted by Gasteiger charge is 2.08. The lowest BCUT2D eigenvalue weighted by Gasteiger charge is -1.94. The fourth-order valence-electron chi connectivity index (χ4n) is 0.572. The van der Waals surface area contributed by atoms with Gasteiger partial charge in [0.05, 0.1) is 0 Å². The summed E-state index contributed by atoms with van der Waals surface area (Å²) in [6, 6.07) is 0. The molecule has 1 aromatic rings. The number of hydrogen-bond donors (Lipinski definition) is 0. The predicted molar refractivity (Wildman–Crippen MR) is 51.2 cm³/mol. The van der Waals surface area contributed by atoms with Crippen molar-refractivity contribution in [1.82, 2.24) is 9.97 Å². The second kappa shape index (κ2) is 4.91. The van der Waals surface area contributed by atoms with Crippen LogP contribution in [0.4, 0.5) is 0 Å². The molecular weight excluding hydrogens is 188 g/mol. The number of sulfone groups is 1. The Bertz CT molecular complexity index is 343. The molecule has 0 aliphatic heterocycles. The summed E-state index contributed by atoms with van der Waals surface area (Å²) in [5.41, 5.74) is 0.845. The van der Waals surface area contributed by atoms with Crippen LogP contribution in [0, 0.1) is 6.92 Å². The van der Waals surface area contributed by atoms with Crippen molar-refractivity contribution >= 4 is 9.84 Å². The van der Waals surface area contributed by atoms with Crippen molar-refractivity contribution in [3.05, 3.63) is 18.0 Å². The van der Waals surface area contributed by atoms with Crippen LogP contribution in [0.3, 0.4) is 0 Å². The second-order valence-electron chi connectivity index (χ2n) is 2.32. The summed E-state index contributed by atoms with van der Waals surface area (Å²) in [5.74, 6) is 0. The van der Waals surface area contributed by atoms with E-state index < -0.39 is 9.84 Å². The Kier molecular flexibility index (Phi) is 4.55. The molecular formula is C8H14N2O2S. The third kappa shape index (κ3) is 3.98. The van der Waals surface area contributed by atoms with Crippen LogP contribution in [0.2, 0.25) is 0 Å². The van der Waals surface area contributed by atoms with Gasteiger partial charge in [0, 0.05) is 18.6 Å². The van der Waals surface area contributed by atoms with E-state index in [9.17, 15) is 8.42 Å². The number of rotatable bonds is 1. The summed E-state index contributed by atoms with van der Waals surface area (Å²) in [5, 5.41) is -0.122. The van der Waals surface area contributed by atoms with Gasteiger partial charge >= 0.3 is 0 Å². The Morgan fingerprint density at radius 1 is 1.15 bits per heavy atom. The lowest BCUT2D eigenvalue weighted by atomic mass is 10.4. The quantitative estimate of drug-likeness (QED) is 0.642. The standard InChI is InChI=1S/C6H8N2O2S.C2H6/c1-5-3-7-6(8-4-5)11(2,9)10;1-2/h3-4H,1-2H3;1-2H3. The van der Waals surface area contributed by atoms with E-state index in [-0.39, 0.29) is 5.16 Å². The summed E-state index contributed by atoms with van der Waals surface area (Å²) >= 11 is 0. The summed E-state index contributed by atoms with van der Waals surface area (Å²) in [4.78, 5) is 7.30. The van der Waals surface area contributed by atoms with E-state index in [1.54, 1.807) is 6.92 Å². The Balaban J connectivity index is 0.000000671. The zero-order chi connectivity index (χ0) is 10.5. The summed E-state index contributed by atoms with van der Waals surface area (Å²) in [6.45, 7) is 5.80. The third-order valence-corrected chi connectivity index (χ3v) is 1.96. The van der Waals surface area contributed by atoms with Gasteiger partial charge in [-0.15, -0.1) is 0 Å². The van der Waals surface area contributed by atoms with Crippen molar-refractivity contribution in [2.45, 2.75) is 25.9 Å². The van der Waals surface area contributed by atoms with Gasteiger partial charge in [0.15, 0.2) is 0 Å². The molecule has 0 aromatic carbocycles. The van der Waals surface area contributed by atoms with E-state index in [1.165, 1.54) is 12.4 Å². The van der Waals surface area contributed by atoms with Crippen LogP contribution in [0.15, 0.2) is 17.6 Å². The number of aryl methyl sites for hydroxylation is 1. The minimum Gasteiger partial charge on any atom is -0.227 e. The molecule has 0 N–H and O–H groups in total. The Hall–Kier alpha value is -0.970. The smallest absolute Gasteiger partial charge is 0.227 e. The molecule has 1 rings (SSSR count). The van der Waals surface area contributed by atoms with Crippen LogP contribution in [-0.4, -0.2) is 24.6 Å². The van der Waals surface area contributed by atoms with E-state index in [0.29, 0.717) is 0 Å². The Labute approximate surface area is 79.0 Å². The first-order valence-electron chi connectivity index (χ1n) is 3.99. The van der Waals surface area contributed by atoms with Gasteiger partial charge in [0.1, 0.15) is 0 Å². The maximum Gasteiger partial charge on any atom is 0.246 e. The van der Waals surface area contributed by atoms with E-state index >= 15 is 0 Å². The fraction of sp³-hybridized carbons (Fsp3) is 0.500. The zero-order valence-corrected chi connectivity index (χ0v) is 9.09. The molecule has 4 nitrogen and oxygen atoms in total. The van der Waals surface area contributed by atoms with Gasteiger partial charge in [-0.25, -0.2) is 18.4 Å². The van der Waals surface area contributed by atoms with Crippen LogP contribution in [0.1, 0.15) is 19.4 Å². The topological polar surface area (TPSA) is 59.9 Å². The maximum atomic E-state index is 10.8. The molecule has 0 amide bonds. The highest BCUT2D eigenvalue weighted by Crippen LogP contribution is 1.99. The molecule has 74 valence electrons. The molecule has 0 aliphatic carbocycles. The normalized spacial score (nSPS) is 10.2. The average Bonchev–Trinajstić information content (AvgIpc) is 2.07. The van der Waals surface area contributed by atoms with E-state index in [0.717, 1.165) is 11.8 Å². The maximum absolute atomic E-state index is 10.8. The molecule has 1 aromatic heterocycles. The number of nitrogens with zero attached hydrogens (tertiary/aromatic N) is 2. The van der Waals surface area contributed by atoms with Crippen molar-refractivity contribution in [1.29, 1.82) is 0 Å². The fourth-order valence-corrected chi connectivity index (χ4v) is 1.06. The molecule has 0 spiro atoms. The van der Waals surface area contributed by atoms with Gasteiger partial charge in [-0.05, 0) is 12.5 Å². The molecule has 0 bridgehead atoms.